The van der Waals surface area contributed by atoms with E-state index in [1.165, 1.54) is 12.8 Å². The Morgan fingerprint density at radius 3 is 3.00 bits per heavy atom. The third kappa shape index (κ3) is 3.08. The smallest absolute Gasteiger partial charge is 0.297 e. The summed E-state index contributed by atoms with van der Waals surface area (Å²) in [4.78, 5) is 12.6. The van der Waals surface area contributed by atoms with Crippen LogP contribution in [0.1, 0.15) is 19.3 Å². The minimum Gasteiger partial charge on any atom is -0.333 e. The van der Waals surface area contributed by atoms with Crippen molar-refractivity contribution in [3.8, 4) is 12.3 Å². The van der Waals surface area contributed by atoms with Crippen molar-refractivity contribution in [3.05, 3.63) is 0 Å². The molecular weight excluding hydrogens is 164 g/mol. The van der Waals surface area contributed by atoms with E-state index in [1.54, 1.807) is 11.9 Å². The van der Waals surface area contributed by atoms with E-state index in [4.69, 9.17) is 6.42 Å². The highest BCUT2D eigenvalue weighted by molar-refractivity contribution is 5.92. The Labute approximate surface area is 79.5 Å². The fraction of sp³-hybridized carbons (Fsp3) is 0.700. The molecule has 3 heteroatoms. The van der Waals surface area contributed by atoms with Crippen molar-refractivity contribution in [2.75, 3.05) is 20.1 Å². The maximum Gasteiger partial charge on any atom is 0.297 e. The minimum absolute atomic E-state index is 0.229. The largest absolute Gasteiger partial charge is 0.333 e. The molecule has 1 N–H and O–H groups in total. The van der Waals surface area contributed by atoms with Crippen molar-refractivity contribution in [3.63, 3.8) is 0 Å². The topological polar surface area (TPSA) is 32.3 Å². The summed E-state index contributed by atoms with van der Waals surface area (Å²) in [5, 5.41) is 3.37. The number of likely N-dealkylation sites (N-methyl/N-ethyl adjacent to an activating group) is 1. The molecule has 0 spiro atoms. The number of carbonyl (C=O) groups is 1. The zero-order valence-electron chi connectivity index (χ0n) is 8.05. The van der Waals surface area contributed by atoms with E-state index in [-0.39, 0.29) is 5.91 Å². The third-order valence-electron chi connectivity index (χ3n) is 2.38. The van der Waals surface area contributed by atoms with Crippen LogP contribution in [-0.2, 0) is 4.79 Å². The van der Waals surface area contributed by atoms with Crippen molar-refractivity contribution >= 4 is 5.91 Å². The van der Waals surface area contributed by atoms with Crippen molar-refractivity contribution in [1.29, 1.82) is 0 Å². The monoisotopic (exact) mass is 180 g/mol. The van der Waals surface area contributed by atoms with Crippen LogP contribution in [0.15, 0.2) is 0 Å². The minimum atomic E-state index is -0.229. The molecule has 0 bridgehead atoms. The fourth-order valence-electron chi connectivity index (χ4n) is 1.60. The fourth-order valence-corrected chi connectivity index (χ4v) is 1.60. The van der Waals surface area contributed by atoms with Crippen LogP contribution in [0.5, 0.6) is 0 Å². The van der Waals surface area contributed by atoms with Crippen molar-refractivity contribution < 1.29 is 4.79 Å². The van der Waals surface area contributed by atoms with Crippen LogP contribution in [0.2, 0.25) is 0 Å². The number of hydrogen-bond acceptors (Lipinski definition) is 2. The number of rotatable bonds is 2. The lowest BCUT2D eigenvalue weighted by molar-refractivity contribution is -0.124. The van der Waals surface area contributed by atoms with Gasteiger partial charge in [0.1, 0.15) is 0 Å². The zero-order valence-corrected chi connectivity index (χ0v) is 8.05. The first-order chi connectivity index (χ1) is 6.24. The summed E-state index contributed by atoms with van der Waals surface area (Å²) in [6.45, 7) is 1.78. The van der Waals surface area contributed by atoms with Crippen molar-refractivity contribution in [2.45, 2.75) is 25.3 Å². The number of piperidine rings is 1. The molecule has 1 aliphatic heterocycles. The highest BCUT2D eigenvalue weighted by Crippen LogP contribution is 2.07. The van der Waals surface area contributed by atoms with E-state index in [9.17, 15) is 4.79 Å². The third-order valence-corrected chi connectivity index (χ3v) is 2.38. The molecule has 1 rings (SSSR count). The Balaban J connectivity index is 2.30. The highest BCUT2D eigenvalue weighted by Gasteiger charge is 2.16. The van der Waals surface area contributed by atoms with Gasteiger partial charge in [0.2, 0.25) is 0 Å². The molecule has 0 aromatic rings. The van der Waals surface area contributed by atoms with Gasteiger partial charge in [-0.3, -0.25) is 4.79 Å². The van der Waals surface area contributed by atoms with E-state index >= 15 is 0 Å². The molecule has 1 fully saturated rings. The second-order valence-corrected chi connectivity index (χ2v) is 3.48. The van der Waals surface area contributed by atoms with Crippen LogP contribution in [0.4, 0.5) is 0 Å². The van der Waals surface area contributed by atoms with Crippen LogP contribution in [0, 0.1) is 12.3 Å². The second-order valence-electron chi connectivity index (χ2n) is 3.48. The van der Waals surface area contributed by atoms with Crippen molar-refractivity contribution in [1.82, 2.24) is 10.2 Å². The lowest BCUT2D eigenvalue weighted by atomic mass is 10.0. The first kappa shape index (κ1) is 10.1. The van der Waals surface area contributed by atoms with E-state index in [0.29, 0.717) is 6.04 Å². The van der Waals surface area contributed by atoms with Crippen LogP contribution < -0.4 is 5.32 Å². The number of carbonyl (C=O) groups excluding carboxylic acids is 1. The van der Waals surface area contributed by atoms with Gasteiger partial charge in [-0.25, -0.2) is 0 Å². The van der Waals surface area contributed by atoms with Gasteiger partial charge < -0.3 is 10.2 Å². The van der Waals surface area contributed by atoms with Gasteiger partial charge in [-0.1, -0.05) is 6.42 Å². The van der Waals surface area contributed by atoms with Gasteiger partial charge in [0.05, 0.1) is 0 Å². The molecule has 72 valence electrons. The van der Waals surface area contributed by atoms with Crippen LogP contribution in [-0.4, -0.2) is 37.0 Å². The SMILES string of the molecule is C#CC(=O)N(C)CC1CCCCN1. The highest BCUT2D eigenvalue weighted by atomic mass is 16.2. The molecule has 0 aliphatic carbocycles. The molecule has 0 aromatic carbocycles. The molecule has 1 unspecified atom stereocenters. The molecule has 1 aliphatic rings. The van der Waals surface area contributed by atoms with E-state index < -0.39 is 0 Å². The summed E-state index contributed by atoms with van der Waals surface area (Å²) >= 11 is 0. The van der Waals surface area contributed by atoms with Gasteiger partial charge in [-0.15, -0.1) is 6.42 Å². The molecule has 13 heavy (non-hydrogen) atoms. The Hall–Kier alpha value is -1.01. The zero-order chi connectivity index (χ0) is 9.68. The van der Waals surface area contributed by atoms with E-state index in [0.717, 1.165) is 19.5 Å². The van der Waals surface area contributed by atoms with Gasteiger partial charge in [-0.05, 0) is 25.3 Å². The molecule has 0 radical (unpaired) electrons. The van der Waals surface area contributed by atoms with Crippen LogP contribution >= 0.6 is 0 Å². The van der Waals surface area contributed by atoms with Gasteiger partial charge in [0.25, 0.3) is 5.91 Å². The van der Waals surface area contributed by atoms with Gasteiger partial charge in [-0.2, -0.15) is 0 Å². The Morgan fingerprint density at radius 1 is 1.69 bits per heavy atom. The quantitative estimate of drug-likeness (QED) is 0.617. The Bertz CT molecular complexity index is 213. The maximum absolute atomic E-state index is 11.0. The molecular formula is C10H16N2O. The van der Waals surface area contributed by atoms with Crippen LogP contribution in [0.3, 0.4) is 0 Å². The number of amides is 1. The molecule has 1 amide bonds. The standard InChI is InChI=1S/C10H16N2O/c1-3-10(13)12(2)8-9-6-4-5-7-11-9/h1,9,11H,4-8H2,2H3. The normalized spacial score (nSPS) is 22.0. The summed E-state index contributed by atoms with van der Waals surface area (Å²) in [7, 11) is 1.75. The van der Waals surface area contributed by atoms with Crippen LogP contribution in [0.25, 0.3) is 0 Å². The number of terminal acetylenes is 1. The summed E-state index contributed by atoms with van der Waals surface area (Å²) in [6, 6.07) is 0.427. The molecule has 0 saturated carbocycles. The summed E-state index contributed by atoms with van der Waals surface area (Å²) in [5.74, 6) is 1.88. The summed E-state index contributed by atoms with van der Waals surface area (Å²) < 4.78 is 0. The maximum atomic E-state index is 11.0. The first-order valence-electron chi connectivity index (χ1n) is 4.69. The Morgan fingerprint density at radius 2 is 2.46 bits per heavy atom. The second kappa shape index (κ2) is 4.88. The number of hydrogen-bond donors (Lipinski definition) is 1. The first-order valence-corrected chi connectivity index (χ1v) is 4.69. The molecule has 1 saturated heterocycles. The molecule has 1 heterocycles. The Kier molecular flexibility index (Phi) is 3.78. The van der Waals surface area contributed by atoms with Gasteiger partial charge >= 0.3 is 0 Å². The predicted octanol–water partition coefficient (Wildman–Crippen LogP) is 0.220. The molecule has 1 atom stereocenters. The summed E-state index contributed by atoms with van der Waals surface area (Å²) in [6.07, 6.45) is 8.64. The lowest BCUT2D eigenvalue weighted by Gasteiger charge is -2.27. The average Bonchev–Trinajstić information content (AvgIpc) is 2.18. The number of nitrogens with one attached hydrogen (secondary N) is 1. The average molecular weight is 180 g/mol. The number of nitrogens with zero attached hydrogens (tertiary/aromatic N) is 1. The van der Waals surface area contributed by atoms with Gasteiger partial charge in [0.15, 0.2) is 0 Å². The summed E-state index contributed by atoms with van der Waals surface area (Å²) in [5.41, 5.74) is 0. The molecule has 0 aromatic heterocycles. The van der Waals surface area contributed by atoms with Gasteiger partial charge in [0, 0.05) is 19.6 Å². The van der Waals surface area contributed by atoms with Crippen molar-refractivity contribution in [2.24, 2.45) is 0 Å². The lowest BCUT2D eigenvalue weighted by Crippen LogP contribution is -2.43. The van der Waals surface area contributed by atoms with E-state index in [1.807, 2.05) is 0 Å². The van der Waals surface area contributed by atoms with E-state index in [2.05, 4.69) is 11.2 Å². The predicted molar refractivity (Wildman–Crippen MR) is 52.1 cm³/mol. The molecule has 3 nitrogen and oxygen atoms in total.